The Morgan fingerprint density at radius 3 is 2.79 bits per heavy atom. The quantitative estimate of drug-likeness (QED) is 0.764. The highest BCUT2D eigenvalue weighted by atomic mass is 35.5. The number of rotatable bonds is 5. The number of nitrogens with zero attached hydrogens (tertiary/aromatic N) is 2. The lowest BCUT2D eigenvalue weighted by Gasteiger charge is -2.23. The van der Waals surface area contributed by atoms with Gasteiger partial charge in [-0.25, -0.2) is 4.98 Å². The van der Waals surface area contributed by atoms with Gasteiger partial charge in [-0.15, -0.1) is 11.6 Å². The van der Waals surface area contributed by atoms with Crippen LogP contribution in [0.1, 0.15) is 20.3 Å². The summed E-state index contributed by atoms with van der Waals surface area (Å²) in [5.74, 6) is 1.50. The molecule has 0 fully saturated rings. The number of halogens is 1. The Balaban J connectivity index is 2.40. The van der Waals surface area contributed by atoms with Crippen molar-refractivity contribution in [3.63, 3.8) is 0 Å². The second kappa shape index (κ2) is 5.15. The molecular formula is C10H16ClN3. The third kappa shape index (κ3) is 3.92. The maximum atomic E-state index is 5.71. The SMILES string of the molecule is CC(C)(CCCl)CNc1cnccn1. The van der Waals surface area contributed by atoms with Crippen molar-refractivity contribution in [1.82, 2.24) is 9.97 Å². The van der Waals surface area contributed by atoms with E-state index in [2.05, 4.69) is 29.1 Å². The average molecular weight is 214 g/mol. The molecule has 1 aromatic rings. The van der Waals surface area contributed by atoms with Crippen LogP contribution in [0.3, 0.4) is 0 Å². The summed E-state index contributed by atoms with van der Waals surface area (Å²) in [7, 11) is 0. The molecule has 0 amide bonds. The van der Waals surface area contributed by atoms with E-state index in [0.29, 0.717) is 5.88 Å². The van der Waals surface area contributed by atoms with E-state index in [1.807, 2.05) is 0 Å². The molecule has 0 spiro atoms. The topological polar surface area (TPSA) is 37.8 Å². The summed E-state index contributed by atoms with van der Waals surface area (Å²) in [6.45, 7) is 5.22. The molecule has 0 saturated heterocycles. The lowest BCUT2D eigenvalue weighted by Crippen LogP contribution is -2.23. The van der Waals surface area contributed by atoms with Crippen molar-refractivity contribution in [1.29, 1.82) is 0 Å². The average Bonchev–Trinajstić information content (AvgIpc) is 2.17. The zero-order chi connectivity index (χ0) is 10.4. The van der Waals surface area contributed by atoms with E-state index in [4.69, 9.17) is 11.6 Å². The van der Waals surface area contributed by atoms with Crippen LogP contribution in [0.15, 0.2) is 18.6 Å². The highest BCUT2D eigenvalue weighted by Gasteiger charge is 2.16. The van der Waals surface area contributed by atoms with Crippen molar-refractivity contribution >= 4 is 17.4 Å². The Labute approximate surface area is 89.9 Å². The van der Waals surface area contributed by atoms with Crippen LogP contribution in [0.5, 0.6) is 0 Å². The number of anilines is 1. The fourth-order valence-corrected chi connectivity index (χ4v) is 1.58. The van der Waals surface area contributed by atoms with Gasteiger partial charge >= 0.3 is 0 Å². The van der Waals surface area contributed by atoms with Gasteiger partial charge < -0.3 is 5.32 Å². The predicted molar refractivity (Wildman–Crippen MR) is 59.6 cm³/mol. The molecule has 0 bridgehead atoms. The largest absolute Gasteiger partial charge is 0.368 e. The first-order valence-corrected chi connectivity index (χ1v) is 5.23. The summed E-state index contributed by atoms with van der Waals surface area (Å²) in [5.41, 5.74) is 0.194. The molecule has 0 aliphatic rings. The van der Waals surface area contributed by atoms with Crippen LogP contribution in [0.25, 0.3) is 0 Å². The van der Waals surface area contributed by atoms with Gasteiger partial charge in [-0.05, 0) is 11.8 Å². The lowest BCUT2D eigenvalue weighted by molar-refractivity contribution is 0.379. The minimum atomic E-state index is 0.194. The Morgan fingerprint density at radius 2 is 2.21 bits per heavy atom. The lowest BCUT2D eigenvalue weighted by atomic mass is 9.90. The second-order valence-corrected chi connectivity index (χ2v) is 4.43. The summed E-state index contributed by atoms with van der Waals surface area (Å²) < 4.78 is 0. The van der Waals surface area contributed by atoms with Gasteiger partial charge in [0.25, 0.3) is 0 Å². The number of hydrogen-bond acceptors (Lipinski definition) is 3. The smallest absolute Gasteiger partial charge is 0.144 e. The number of aromatic nitrogens is 2. The minimum Gasteiger partial charge on any atom is -0.368 e. The first-order valence-electron chi connectivity index (χ1n) is 4.70. The van der Waals surface area contributed by atoms with Gasteiger partial charge in [0.05, 0.1) is 6.20 Å². The van der Waals surface area contributed by atoms with Gasteiger partial charge in [0.2, 0.25) is 0 Å². The number of hydrogen-bond donors (Lipinski definition) is 1. The Kier molecular flexibility index (Phi) is 4.14. The summed E-state index contributed by atoms with van der Waals surface area (Å²) in [6.07, 6.45) is 6.05. The van der Waals surface area contributed by atoms with E-state index < -0.39 is 0 Å². The summed E-state index contributed by atoms with van der Waals surface area (Å²) >= 11 is 5.71. The molecule has 4 heteroatoms. The molecule has 1 heterocycles. The van der Waals surface area contributed by atoms with Gasteiger partial charge in [0.1, 0.15) is 5.82 Å². The van der Waals surface area contributed by atoms with E-state index in [-0.39, 0.29) is 5.41 Å². The van der Waals surface area contributed by atoms with Crippen LogP contribution < -0.4 is 5.32 Å². The van der Waals surface area contributed by atoms with Crippen molar-refractivity contribution in [3.05, 3.63) is 18.6 Å². The highest BCUT2D eigenvalue weighted by Crippen LogP contribution is 2.20. The van der Waals surface area contributed by atoms with Crippen LogP contribution in [0, 0.1) is 5.41 Å². The van der Waals surface area contributed by atoms with Crippen LogP contribution in [-0.2, 0) is 0 Å². The predicted octanol–water partition coefficient (Wildman–Crippen LogP) is 2.54. The summed E-state index contributed by atoms with van der Waals surface area (Å²) in [6, 6.07) is 0. The van der Waals surface area contributed by atoms with Crippen molar-refractivity contribution < 1.29 is 0 Å². The van der Waals surface area contributed by atoms with Crippen molar-refractivity contribution in [2.75, 3.05) is 17.7 Å². The molecular weight excluding hydrogens is 198 g/mol. The van der Waals surface area contributed by atoms with Crippen LogP contribution in [0.2, 0.25) is 0 Å². The van der Waals surface area contributed by atoms with Crippen molar-refractivity contribution in [3.8, 4) is 0 Å². The van der Waals surface area contributed by atoms with E-state index in [1.54, 1.807) is 18.6 Å². The Morgan fingerprint density at radius 1 is 1.43 bits per heavy atom. The maximum absolute atomic E-state index is 5.71. The van der Waals surface area contributed by atoms with E-state index in [1.165, 1.54) is 0 Å². The maximum Gasteiger partial charge on any atom is 0.144 e. The summed E-state index contributed by atoms with van der Waals surface area (Å²) in [4.78, 5) is 8.12. The molecule has 14 heavy (non-hydrogen) atoms. The first kappa shape index (κ1) is 11.2. The van der Waals surface area contributed by atoms with Crippen molar-refractivity contribution in [2.45, 2.75) is 20.3 Å². The third-order valence-electron chi connectivity index (χ3n) is 2.08. The van der Waals surface area contributed by atoms with Crippen LogP contribution >= 0.6 is 11.6 Å². The zero-order valence-electron chi connectivity index (χ0n) is 8.63. The molecule has 0 atom stereocenters. The van der Waals surface area contributed by atoms with Gasteiger partial charge in [-0.2, -0.15) is 0 Å². The number of alkyl halides is 1. The second-order valence-electron chi connectivity index (χ2n) is 4.05. The van der Waals surface area contributed by atoms with Gasteiger partial charge in [0.15, 0.2) is 0 Å². The molecule has 1 aromatic heterocycles. The van der Waals surface area contributed by atoms with E-state index in [0.717, 1.165) is 18.8 Å². The van der Waals surface area contributed by atoms with Gasteiger partial charge in [-0.3, -0.25) is 4.98 Å². The molecule has 0 saturated carbocycles. The van der Waals surface area contributed by atoms with E-state index >= 15 is 0 Å². The number of nitrogens with one attached hydrogen (secondary N) is 1. The van der Waals surface area contributed by atoms with Crippen LogP contribution in [0.4, 0.5) is 5.82 Å². The monoisotopic (exact) mass is 213 g/mol. The molecule has 1 N–H and O–H groups in total. The Bertz CT molecular complexity index is 261. The molecule has 0 unspecified atom stereocenters. The fraction of sp³-hybridized carbons (Fsp3) is 0.600. The fourth-order valence-electron chi connectivity index (χ4n) is 1.06. The van der Waals surface area contributed by atoms with E-state index in [9.17, 15) is 0 Å². The molecule has 0 aliphatic carbocycles. The highest BCUT2D eigenvalue weighted by molar-refractivity contribution is 6.17. The molecule has 3 nitrogen and oxygen atoms in total. The zero-order valence-corrected chi connectivity index (χ0v) is 9.38. The minimum absolute atomic E-state index is 0.194. The van der Waals surface area contributed by atoms with Gasteiger partial charge in [-0.1, -0.05) is 13.8 Å². The molecule has 1 rings (SSSR count). The molecule has 0 radical (unpaired) electrons. The van der Waals surface area contributed by atoms with Crippen molar-refractivity contribution in [2.24, 2.45) is 5.41 Å². The molecule has 78 valence electrons. The van der Waals surface area contributed by atoms with Crippen LogP contribution in [-0.4, -0.2) is 22.4 Å². The standard InChI is InChI=1S/C10H16ClN3/c1-10(2,3-4-11)8-14-9-7-12-5-6-13-9/h5-7H,3-4,8H2,1-2H3,(H,13,14). The van der Waals surface area contributed by atoms with Gasteiger partial charge in [0, 0.05) is 24.8 Å². The first-order chi connectivity index (χ1) is 6.64. The Hall–Kier alpha value is -0.830. The normalized spacial score (nSPS) is 11.4. The third-order valence-corrected chi connectivity index (χ3v) is 2.27. The molecule has 0 aliphatic heterocycles. The molecule has 0 aromatic carbocycles. The summed E-state index contributed by atoms with van der Waals surface area (Å²) in [5, 5.41) is 3.24.